The van der Waals surface area contributed by atoms with E-state index < -0.39 is 4.92 Å². The molecule has 1 aromatic rings. The molecule has 0 saturated carbocycles. The summed E-state index contributed by atoms with van der Waals surface area (Å²) in [5, 5.41) is 10.9. The molecule has 0 aliphatic carbocycles. The van der Waals surface area contributed by atoms with E-state index in [9.17, 15) is 14.9 Å². The molecule has 0 N–H and O–H groups in total. The van der Waals surface area contributed by atoms with Crippen LogP contribution in [0.15, 0.2) is 24.3 Å². The standard InChI is InChI=1S/C17H25N3O4/c1-18-11-9-14(10-12-18)19(2)17(21)8-5-13-24-16-7-4-3-6-15(16)20(22)23/h3-4,6-7,14H,5,8-13H2,1-2H3. The zero-order chi connectivity index (χ0) is 17.5. The van der Waals surface area contributed by atoms with E-state index in [0.29, 0.717) is 18.9 Å². The van der Waals surface area contributed by atoms with Gasteiger partial charge in [-0.05, 0) is 45.5 Å². The highest BCUT2D eigenvalue weighted by atomic mass is 16.6. The number of nitro groups is 1. The second-order valence-electron chi connectivity index (χ2n) is 6.22. The van der Waals surface area contributed by atoms with Crippen LogP contribution in [0.25, 0.3) is 0 Å². The molecule has 0 atom stereocenters. The monoisotopic (exact) mass is 335 g/mol. The zero-order valence-electron chi connectivity index (χ0n) is 14.3. The topological polar surface area (TPSA) is 75.9 Å². The Bertz CT molecular complexity index is 571. The van der Waals surface area contributed by atoms with Gasteiger partial charge in [-0.15, -0.1) is 0 Å². The van der Waals surface area contributed by atoms with Crippen molar-refractivity contribution in [3.63, 3.8) is 0 Å². The van der Waals surface area contributed by atoms with Crippen LogP contribution in [0, 0.1) is 10.1 Å². The maximum atomic E-state index is 12.3. The molecule has 0 spiro atoms. The van der Waals surface area contributed by atoms with Gasteiger partial charge in [-0.3, -0.25) is 14.9 Å². The molecule has 1 aromatic carbocycles. The Balaban J connectivity index is 1.74. The summed E-state index contributed by atoms with van der Waals surface area (Å²) in [4.78, 5) is 26.8. The van der Waals surface area contributed by atoms with Gasteiger partial charge in [0.2, 0.25) is 5.91 Å². The number of hydrogen-bond donors (Lipinski definition) is 0. The van der Waals surface area contributed by atoms with E-state index in [-0.39, 0.29) is 24.0 Å². The molecule has 0 unspecified atom stereocenters. The van der Waals surface area contributed by atoms with Gasteiger partial charge in [0.05, 0.1) is 11.5 Å². The lowest BCUT2D eigenvalue weighted by Crippen LogP contribution is -2.44. The number of ether oxygens (including phenoxy) is 1. The number of hydrogen-bond acceptors (Lipinski definition) is 5. The number of rotatable bonds is 7. The van der Waals surface area contributed by atoms with Gasteiger partial charge in [0, 0.05) is 25.6 Å². The predicted octanol–water partition coefficient (Wildman–Crippen LogP) is 2.31. The lowest BCUT2D eigenvalue weighted by atomic mass is 10.0. The van der Waals surface area contributed by atoms with E-state index in [1.54, 1.807) is 18.2 Å². The van der Waals surface area contributed by atoms with Gasteiger partial charge >= 0.3 is 5.69 Å². The highest BCUT2D eigenvalue weighted by Gasteiger charge is 2.23. The van der Waals surface area contributed by atoms with E-state index in [4.69, 9.17) is 4.74 Å². The molecule has 24 heavy (non-hydrogen) atoms. The van der Waals surface area contributed by atoms with Gasteiger partial charge in [-0.1, -0.05) is 12.1 Å². The van der Waals surface area contributed by atoms with E-state index in [1.165, 1.54) is 6.07 Å². The van der Waals surface area contributed by atoms with E-state index >= 15 is 0 Å². The van der Waals surface area contributed by atoms with Crippen molar-refractivity contribution in [3.05, 3.63) is 34.4 Å². The number of nitrogens with zero attached hydrogens (tertiary/aromatic N) is 3. The Labute approximate surface area is 142 Å². The molecule has 1 aliphatic heterocycles. The Morgan fingerprint density at radius 3 is 2.71 bits per heavy atom. The Hall–Kier alpha value is -2.15. The summed E-state index contributed by atoms with van der Waals surface area (Å²) in [6, 6.07) is 6.59. The molecule has 1 saturated heterocycles. The van der Waals surface area contributed by atoms with Crippen molar-refractivity contribution in [2.45, 2.75) is 31.7 Å². The average Bonchev–Trinajstić information content (AvgIpc) is 2.58. The highest BCUT2D eigenvalue weighted by Crippen LogP contribution is 2.26. The van der Waals surface area contributed by atoms with Crippen molar-refractivity contribution >= 4 is 11.6 Å². The molecule has 7 heteroatoms. The van der Waals surface area contributed by atoms with Gasteiger partial charge in [0.25, 0.3) is 0 Å². The first kappa shape index (κ1) is 18.2. The van der Waals surface area contributed by atoms with Crippen LogP contribution in [-0.4, -0.2) is 60.5 Å². The molecular weight excluding hydrogens is 310 g/mol. The molecule has 0 bridgehead atoms. The first-order chi connectivity index (χ1) is 11.5. The second kappa shape index (κ2) is 8.63. The fraction of sp³-hybridized carbons (Fsp3) is 0.588. The van der Waals surface area contributed by atoms with Gasteiger partial charge in [-0.2, -0.15) is 0 Å². The third-order valence-electron chi connectivity index (χ3n) is 4.48. The van der Waals surface area contributed by atoms with Crippen LogP contribution in [0.1, 0.15) is 25.7 Å². The van der Waals surface area contributed by atoms with Crippen molar-refractivity contribution in [2.24, 2.45) is 0 Å². The summed E-state index contributed by atoms with van der Waals surface area (Å²) >= 11 is 0. The Morgan fingerprint density at radius 2 is 2.04 bits per heavy atom. The molecule has 2 rings (SSSR count). The summed E-state index contributed by atoms with van der Waals surface area (Å²) in [6.07, 6.45) is 2.95. The first-order valence-corrected chi connectivity index (χ1v) is 8.29. The minimum Gasteiger partial charge on any atom is -0.487 e. The Kier molecular flexibility index (Phi) is 6.54. The average molecular weight is 335 g/mol. The molecule has 0 radical (unpaired) electrons. The fourth-order valence-corrected chi connectivity index (χ4v) is 2.90. The Morgan fingerprint density at radius 1 is 1.38 bits per heavy atom. The van der Waals surface area contributed by atoms with Crippen molar-refractivity contribution in [2.75, 3.05) is 33.8 Å². The molecule has 1 aliphatic rings. The number of likely N-dealkylation sites (tertiary alicyclic amines) is 1. The molecule has 132 valence electrons. The van der Waals surface area contributed by atoms with Crippen molar-refractivity contribution < 1.29 is 14.5 Å². The number of para-hydroxylation sites is 2. The van der Waals surface area contributed by atoms with Crippen molar-refractivity contribution in [1.82, 2.24) is 9.80 Å². The SMILES string of the molecule is CN1CCC(N(C)C(=O)CCCOc2ccccc2[N+](=O)[O-])CC1. The molecule has 0 aromatic heterocycles. The number of benzene rings is 1. The summed E-state index contributed by atoms with van der Waals surface area (Å²) in [5.74, 6) is 0.356. The molecule has 1 fully saturated rings. The lowest BCUT2D eigenvalue weighted by molar-refractivity contribution is -0.385. The van der Waals surface area contributed by atoms with E-state index in [1.807, 2.05) is 11.9 Å². The quantitative estimate of drug-likeness (QED) is 0.434. The van der Waals surface area contributed by atoms with Crippen LogP contribution in [0.3, 0.4) is 0 Å². The molecule has 1 heterocycles. The van der Waals surface area contributed by atoms with Crippen LogP contribution in [-0.2, 0) is 4.79 Å². The highest BCUT2D eigenvalue weighted by molar-refractivity contribution is 5.76. The largest absolute Gasteiger partial charge is 0.487 e. The van der Waals surface area contributed by atoms with Gasteiger partial charge < -0.3 is 14.5 Å². The predicted molar refractivity (Wildman–Crippen MR) is 91.1 cm³/mol. The van der Waals surface area contributed by atoms with Gasteiger partial charge in [-0.25, -0.2) is 0 Å². The van der Waals surface area contributed by atoms with Crippen LogP contribution in [0.4, 0.5) is 5.69 Å². The molecule has 7 nitrogen and oxygen atoms in total. The van der Waals surface area contributed by atoms with E-state index in [2.05, 4.69) is 11.9 Å². The van der Waals surface area contributed by atoms with Crippen molar-refractivity contribution in [3.8, 4) is 5.75 Å². The first-order valence-electron chi connectivity index (χ1n) is 8.29. The number of carbonyl (C=O) groups excluding carboxylic acids is 1. The second-order valence-corrected chi connectivity index (χ2v) is 6.22. The zero-order valence-corrected chi connectivity index (χ0v) is 14.3. The maximum Gasteiger partial charge on any atom is 0.310 e. The summed E-state index contributed by atoms with van der Waals surface area (Å²) in [6.45, 7) is 2.32. The van der Waals surface area contributed by atoms with Crippen LogP contribution < -0.4 is 4.74 Å². The third kappa shape index (κ3) is 4.92. The van der Waals surface area contributed by atoms with Crippen LogP contribution in [0.5, 0.6) is 5.75 Å². The number of nitro benzene ring substituents is 1. The summed E-state index contributed by atoms with van der Waals surface area (Å²) in [7, 11) is 3.96. The number of piperidine rings is 1. The fourth-order valence-electron chi connectivity index (χ4n) is 2.90. The number of carbonyl (C=O) groups is 1. The van der Waals surface area contributed by atoms with E-state index in [0.717, 1.165) is 25.9 Å². The smallest absolute Gasteiger partial charge is 0.310 e. The normalized spacial score (nSPS) is 15.9. The van der Waals surface area contributed by atoms with Crippen LogP contribution in [0.2, 0.25) is 0 Å². The van der Waals surface area contributed by atoms with Gasteiger partial charge in [0.1, 0.15) is 0 Å². The summed E-state index contributed by atoms with van der Waals surface area (Å²) in [5.41, 5.74) is -0.0488. The molecule has 1 amide bonds. The number of amides is 1. The molecular formula is C17H25N3O4. The maximum absolute atomic E-state index is 12.3. The van der Waals surface area contributed by atoms with Gasteiger partial charge in [0.15, 0.2) is 5.75 Å². The minimum atomic E-state index is -0.464. The lowest BCUT2D eigenvalue weighted by Gasteiger charge is -2.35. The minimum absolute atomic E-state index is 0.0488. The summed E-state index contributed by atoms with van der Waals surface area (Å²) < 4.78 is 5.47. The van der Waals surface area contributed by atoms with Crippen LogP contribution >= 0.6 is 0 Å². The van der Waals surface area contributed by atoms with Crippen molar-refractivity contribution in [1.29, 1.82) is 0 Å². The third-order valence-corrected chi connectivity index (χ3v) is 4.48.